The van der Waals surface area contributed by atoms with Crippen molar-refractivity contribution < 1.29 is 20.1 Å². The van der Waals surface area contributed by atoms with E-state index in [-0.39, 0.29) is 35.8 Å². The van der Waals surface area contributed by atoms with Gasteiger partial charge in [0.2, 0.25) is 5.91 Å². The largest absolute Gasteiger partial charge is 0.508 e. The average Bonchev–Trinajstić information content (AvgIpc) is 2.47. The molecule has 0 bridgehead atoms. The number of amides is 1. The molecule has 0 radical (unpaired) electrons. The number of benzene rings is 2. The van der Waals surface area contributed by atoms with Crippen LogP contribution in [-0.2, 0) is 4.79 Å². The number of carbonyl (C=O) groups excluding carboxylic acids is 1. The Morgan fingerprint density at radius 3 is 2.68 bits per heavy atom. The van der Waals surface area contributed by atoms with Crippen LogP contribution in [-0.4, -0.2) is 21.2 Å². The zero-order valence-electron chi connectivity index (χ0n) is 11.7. The lowest BCUT2D eigenvalue weighted by Crippen LogP contribution is -2.13. The molecule has 2 aromatic rings. The van der Waals surface area contributed by atoms with Crippen LogP contribution < -0.4 is 5.32 Å². The molecule has 2 rings (SSSR count). The second kappa shape index (κ2) is 7.15. The number of aliphatic hydroxyl groups is 1. The molecule has 0 heterocycles. The first-order valence-corrected chi connectivity index (χ1v) is 7.09. The number of hydrogen-bond donors (Lipinski definition) is 4. The van der Waals surface area contributed by atoms with E-state index in [1.165, 1.54) is 18.2 Å². The Balaban J connectivity index is 1.92. The Labute approximate surface area is 132 Å². The van der Waals surface area contributed by atoms with Crippen molar-refractivity contribution in [3.8, 4) is 11.5 Å². The lowest BCUT2D eigenvalue weighted by Gasteiger charge is -2.13. The van der Waals surface area contributed by atoms with Gasteiger partial charge in [-0.3, -0.25) is 4.79 Å². The molecule has 0 saturated carbocycles. The normalized spacial score (nSPS) is 11.9. The summed E-state index contributed by atoms with van der Waals surface area (Å²) in [6.07, 6.45) is -0.871. The summed E-state index contributed by atoms with van der Waals surface area (Å²) in [4.78, 5) is 11.8. The van der Waals surface area contributed by atoms with Crippen molar-refractivity contribution in [2.45, 2.75) is 18.9 Å². The minimum atomic E-state index is -1.04. The lowest BCUT2D eigenvalue weighted by molar-refractivity contribution is -0.116. The van der Waals surface area contributed by atoms with E-state index in [1.54, 1.807) is 24.3 Å². The number of phenols is 2. The molecule has 0 aliphatic rings. The second-order valence-corrected chi connectivity index (χ2v) is 5.29. The number of aliphatic hydroxyl groups excluding tert-OH is 1. The summed E-state index contributed by atoms with van der Waals surface area (Å²) < 4.78 is 0. The third kappa shape index (κ3) is 4.38. The summed E-state index contributed by atoms with van der Waals surface area (Å²) in [5.41, 5.74) is 0.766. The van der Waals surface area contributed by atoms with Crippen molar-refractivity contribution in [2.75, 3.05) is 5.32 Å². The van der Waals surface area contributed by atoms with Gasteiger partial charge in [-0.05, 0) is 42.8 Å². The number of phenolic OH excluding ortho intramolecular Hbond substituents is 2. The van der Waals surface area contributed by atoms with Gasteiger partial charge in [-0.1, -0.05) is 17.7 Å². The van der Waals surface area contributed by atoms with Crippen molar-refractivity contribution in [1.29, 1.82) is 0 Å². The number of nitrogens with one attached hydrogen (secondary N) is 1. The second-order valence-electron chi connectivity index (χ2n) is 4.86. The van der Waals surface area contributed by atoms with Gasteiger partial charge in [0.25, 0.3) is 0 Å². The molecule has 0 aliphatic heterocycles. The first-order chi connectivity index (χ1) is 10.5. The number of aromatic hydroxyl groups is 2. The van der Waals surface area contributed by atoms with Crippen molar-refractivity contribution in [3.05, 3.63) is 53.1 Å². The summed E-state index contributed by atoms with van der Waals surface area (Å²) in [5.74, 6) is -0.461. The van der Waals surface area contributed by atoms with E-state index < -0.39 is 6.10 Å². The molecule has 22 heavy (non-hydrogen) atoms. The summed E-state index contributed by atoms with van der Waals surface area (Å²) in [6.45, 7) is 0. The molecule has 1 atom stereocenters. The maximum atomic E-state index is 11.8. The van der Waals surface area contributed by atoms with E-state index in [0.717, 1.165) is 0 Å². The van der Waals surface area contributed by atoms with Crippen LogP contribution in [0.3, 0.4) is 0 Å². The van der Waals surface area contributed by atoms with Gasteiger partial charge in [0, 0.05) is 22.7 Å². The molecule has 0 saturated heterocycles. The molecule has 0 spiro atoms. The predicted molar refractivity (Wildman–Crippen MR) is 84.0 cm³/mol. The van der Waals surface area contributed by atoms with Crippen LogP contribution >= 0.6 is 11.6 Å². The van der Waals surface area contributed by atoms with Gasteiger partial charge in [-0.2, -0.15) is 0 Å². The van der Waals surface area contributed by atoms with Gasteiger partial charge in [0.1, 0.15) is 11.5 Å². The van der Waals surface area contributed by atoms with E-state index in [9.17, 15) is 20.1 Å². The fourth-order valence-electron chi connectivity index (χ4n) is 2.02. The maximum absolute atomic E-state index is 11.8. The molecule has 6 heteroatoms. The van der Waals surface area contributed by atoms with Crippen LogP contribution in [0.4, 0.5) is 5.69 Å². The van der Waals surface area contributed by atoms with Crippen LogP contribution in [0.5, 0.6) is 11.5 Å². The van der Waals surface area contributed by atoms with Crippen molar-refractivity contribution in [2.24, 2.45) is 0 Å². The van der Waals surface area contributed by atoms with Crippen molar-refractivity contribution in [1.82, 2.24) is 0 Å². The molecule has 1 amide bonds. The zero-order chi connectivity index (χ0) is 16.1. The molecule has 0 fully saturated rings. The van der Waals surface area contributed by atoms with Gasteiger partial charge in [0.15, 0.2) is 0 Å². The van der Waals surface area contributed by atoms with Crippen LogP contribution in [0.2, 0.25) is 5.02 Å². The average molecular weight is 322 g/mol. The number of carbonyl (C=O) groups is 1. The molecule has 1 unspecified atom stereocenters. The molecule has 2 aromatic carbocycles. The van der Waals surface area contributed by atoms with E-state index in [1.807, 2.05) is 0 Å². The topological polar surface area (TPSA) is 89.8 Å². The quantitative estimate of drug-likeness (QED) is 0.637. The first-order valence-electron chi connectivity index (χ1n) is 6.71. The van der Waals surface area contributed by atoms with Gasteiger partial charge in [0.05, 0.1) is 6.10 Å². The first kappa shape index (κ1) is 16.1. The van der Waals surface area contributed by atoms with Crippen LogP contribution in [0.25, 0.3) is 0 Å². The van der Waals surface area contributed by atoms with E-state index in [2.05, 4.69) is 5.32 Å². The lowest BCUT2D eigenvalue weighted by atomic mass is 10.0. The fourth-order valence-corrected chi connectivity index (χ4v) is 2.21. The monoisotopic (exact) mass is 321 g/mol. The van der Waals surface area contributed by atoms with Crippen molar-refractivity contribution >= 4 is 23.2 Å². The summed E-state index contributed by atoms with van der Waals surface area (Å²) in [7, 11) is 0. The standard InChI is InChI=1S/C16H16ClNO4/c17-10-2-1-3-11(8-10)18-16(22)7-6-15(21)13-9-12(19)4-5-14(13)20/h1-5,8-9,15,19-21H,6-7H2,(H,18,22). The highest BCUT2D eigenvalue weighted by Gasteiger charge is 2.15. The molecule has 5 nitrogen and oxygen atoms in total. The zero-order valence-corrected chi connectivity index (χ0v) is 12.4. The summed E-state index contributed by atoms with van der Waals surface area (Å²) in [5, 5.41) is 32.2. The minimum absolute atomic E-state index is 0.0583. The van der Waals surface area contributed by atoms with Crippen LogP contribution in [0.15, 0.2) is 42.5 Å². The van der Waals surface area contributed by atoms with Crippen LogP contribution in [0, 0.1) is 0 Å². The molecular weight excluding hydrogens is 306 g/mol. The Hall–Kier alpha value is -2.24. The Morgan fingerprint density at radius 1 is 1.18 bits per heavy atom. The number of rotatable bonds is 5. The maximum Gasteiger partial charge on any atom is 0.224 e. The Kier molecular flexibility index (Phi) is 5.25. The van der Waals surface area contributed by atoms with Gasteiger partial charge < -0.3 is 20.6 Å². The van der Waals surface area contributed by atoms with Gasteiger partial charge >= 0.3 is 0 Å². The van der Waals surface area contributed by atoms with Crippen LogP contribution in [0.1, 0.15) is 24.5 Å². The van der Waals surface area contributed by atoms with Crippen molar-refractivity contribution in [3.63, 3.8) is 0 Å². The van der Waals surface area contributed by atoms with E-state index >= 15 is 0 Å². The minimum Gasteiger partial charge on any atom is -0.508 e. The van der Waals surface area contributed by atoms with Gasteiger partial charge in [-0.25, -0.2) is 0 Å². The third-order valence-corrected chi connectivity index (χ3v) is 3.36. The third-order valence-electron chi connectivity index (χ3n) is 3.12. The molecular formula is C16H16ClNO4. The molecule has 0 aromatic heterocycles. The molecule has 4 N–H and O–H groups in total. The highest BCUT2D eigenvalue weighted by molar-refractivity contribution is 6.30. The van der Waals surface area contributed by atoms with E-state index in [4.69, 9.17) is 11.6 Å². The smallest absolute Gasteiger partial charge is 0.224 e. The summed E-state index contributed by atoms with van der Waals surface area (Å²) in [6, 6.07) is 10.6. The SMILES string of the molecule is O=C(CCC(O)c1cc(O)ccc1O)Nc1cccc(Cl)c1. The number of anilines is 1. The van der Waals surface area contributed by atoms with E-state index in [0.29, 0.717) is 10.7 Å². The Bertz CT molecular complexity index is 675. The molecule has 116 valence electrons. The Morgan fingerprint density at radius 2 is 1.95 bits per heavy atom. The number of hydrogen-bond acceptors (Lipinski definition) is 4. The summed E-state index contributed by atoms with van der Waals surface area (Å²) >= 11 is 5.83. The van der Waals surface area contributed by atoms with Gasteiger partial charge in [-0.15, -0.1) is 0 Å². The molecule has 0 aliphatic carbocycles. The number of halogens is 1. The highest BCUT2D eigenvalue weighted by atomic mass is 35.5. The highest BCUT2D eigenvalue weighted by Crippen LogP contribution is 2.30. The predicted octanol–water partition coefficient (Wildman–Crippen LogP) is 3.20. The fraction of sp³-hybridized carbons (Fsp3) is 0.188.